The van der Waals surface area contributed by atoms with Gasteiger partial charge in [-0.05, 0) is 38.0 Å². The molecule has 4 rings (SSSR count). The highest BCUT2D eigenvalue weighted by molar-refractivity contribution is 6.64. The minimum atomic E-state index is -0.632. The maximum atomic E-state index is 11.6. The number of carbonyl (C=O) groups is 1. The van der Waals surface area contributed by atoms with Crippen molar-refractivity contribution in [1.82, 2.24) is 4.59 Å². The van der Waals surface area contributed by atoms with Crippen LogP contribution in [0.5, 0.6) is 0 Å². The SMILES string of the molecule is Cc1ccc([N+]2(C)N=CC(=Nc3ccc(N4CCCC4)cc3NC(N)=O)C2=[NH2+])cc1. The molecule has 2 aromatic rings. The summed E-state index contributed by atoms with van der Waals surface area (Å²) in [4.78, 5) is 18.5. The first-order valence-corrected chi connectivity index (χ1v) is 10.0. The number of benzene rings is 2. The Hall–Kier alpha value is -3.52. The van der Waals surface area contributed by atoms with E-state index in [2.05, 4.69) is 15.3 Å². The van der Waals surface area contributed by atoms with Crippen LogP contribution in [-0.2, 0) is 0 Å². The molecule has 0 saturated carbocycles. The van der Waals surface area contributed by atoms with Gasteiger partial charge in [0.2, 0.25) is 5.71 Å². The molecular formula is C22H27N7O+2. The number of anilines is 2. The van der Waals surface area contributed by atoms with E-state index in [4.69, 9.17) is 16.1 Å². The summed E-state index contributed by atoms with van der Waals surface area (Å²) >= 11 is 0. The molecule has 154 valence electrons. The summed E-state index contributed by atoms with van der Waals surface area (Å²) in [6.07, 6.45) is 4.00. The molecule has 1 saturated heterocycles. The highest BCUT2D eigenvalue weighted by Crippen LogP contribution is 2.33. The number of aryl methyl sites for hydroxylation is 1. The highest BCUT2D eigenvalue weighted by atomic mass is 16.2. The van der Waals surface area contributed by atoms with Gasteiger partial charge in [-0.25, -0.2) is 15.2 Å². The summed E-state index contributed by atoms with van der Waals surface area (Å²) in [5.41, 5.74) is 10.2. The van der Waals surface area contributed by atoms with Crippen molar-refractivity contribution in [1.29, 1.82) is 0 Å². The quantitative estimate of drug-likeness (QED) is 0.676. The number of amides is 2. The molecule has 1 fully saturated rings. The Morgan fingerprint density at radius 2 is 1.90 bits per heavy atom. The van der Waals surface area contributed by atoms with Crippen molar-refractivity contribution in [3.05, 3.63) is 48.0 Å². The highest BCUT2D eigenvalue weighted by Gasteiger charge is 2.44. The molecule has 0 spiro atoms. The van der Waals surface area contributed by atoms with Crippen molar-refractivity contribution in [3.63, 3.8) is 0 Å². The van der Waals surface area contributed by atoms with Gasteiger partial charge < -0.3 is 16.0 Å². The molecule has 0 aromatic heterocycles. The first-order chi connectivity index (χ1) is 14.4. The molecule has 1 unspecified atom stereocenters. The van der Waals surface area contributed by atoms with E-state index in [-0.39, 0.29) is 4.59 Å². The van der Waals surface area contributed by atoms with E-state index in [0.29, 0.717) is 22.9 Å². The van der Waals surface area contributed by atoms with Gasteiger partial charge in [0.05, 0.1) is 11.4 Å². The van der Waals surface area contributed by atoms with Crippen LogP contribution in [0.3, 0.4) is 0 Å². The minimum absolute atomic E-state index is 0.101. The summed E-state index contributed by atoms with van der Waals surface area (Å²) in [6, 6.07) is 13.2. The van der Waals surface area contributed by atoms with Gasteiger partial charge >= 0.3 is 11.9 Å². The van der Waals surface area contributed by atoms with E-state index >= 15 is 0 Å². The predicted molar refractivity (Wildman–Crippen MR) is 123 cm³/mol. The number of aliphatic imine (C=N–C) groups is 1. The monoisotopic (exact) mass is 405 g/mol. The van der Waals surface area contributed by atoms with Crippen molar-refractivity contribution < 1.29 is 10.2 Å². The Labute approximate surface area is 175 Å². The predicted octanol–water partition coefficient (Wildman–Crippen LogP) is 1.95. The van der Waals surface area contributed by atoms with E-state index in [9.17, 15) is 4.79 Å². The Morgan fingerprint density at radius 1 is 1.20 bits per heavy atom. The molecule has 2 aliphatic rings. The molecule has 5 N–H and O–H groups in total. The number of urea groups is 1. The lowest BCUT2D eigenvalue weighted by molar-refractivity contribution is -0.121. The number of nitrogens with one attached hydrogen (secondary N) is 1. The zero-order valence-corrected chi connectivity index (χ0v) is 17.3. The van der Waals surface area contributed by atoms with Gasteiger partial charge in [0.15, 0.2) is 5.69 Å². The molecule has 8 heteroatoms. The number of rotatable bonds is 4. The molecule has 2 amide bonds. The number of quaternary nitrogens is 1. The summed E-state index contributed by atoms with van der Waals surface area (Å²) in [6.45, 7) is 4.04. The Bertz CT molecular complexity index is 1050. The Morgan fingerprint density at radius 3 is 2.57 bits per heavy atom. The Balaban J connectivity index is 1.67. The second-order valence-electron chi connectivity index (χ2n) is 7.81. The third kappa shape index (κ3) is 3.69. The molecule has 1 atom stereocenters. The number of nitrogens with zero attached hydrogens (tertiary/aromatic N) is 4. The first-order valence-electron chi connectivity index (χ1n) is 10.0. The molecule has 2 aliphatic heterocycles. The first kappa shape index (κ1) is 19.8. The van der Waals surface area contributed by atoms with E-state index in [0.717, 1.165) is 24.5 Å². The van der Waals surface area contributed by atoms with Gasteiger partial charge in [-0.3, -0.25) is 0 Å². The van der Waals surface area contributed by atoms with Crippen LogP contribution in [0.2, 0.25) is 0 Å². The number of amidine groups is 1. The summed E-state index contributed by atoms with van der Waals surface area (Å²) in [5.74, 6) is 0.507. The number of hydrogen-bond acceptors (Lipinski definition) is 4. The number of hydrogen-bond donors (Lipinski definition) is 3. The van der Waals surface area contributed by atoms with E-state index in [1.165, 1.54) is 18.4 Å². The number of nitrogens with two attached hydrogens (primary N) is 2. The molecule has 2 heterocycles. The second-order valence-corrected chi connectivity index (χ2v) is 7.81. The van der Waals surface area contributed by atoms with Gasteiger partial charge in [0.25, 0.3) is 0 Å². The van der Waals surface area contributed by atoms with E-state index in [1.54, 1.807) is 6.21 Å². The largest absolute Gasteiger partial charge is 0.419 e. The van der Waals surface area contributed by atoms with Crippen LogP contribution in [0, 0.1) is 6.92 Å². The Kier molecular flexibility index (Phi) is 5.09. The lowest BCUT2D eigenvalue weighted by atomic mass is 10.2. The van der Waals surface area contributed by atoms with Crippen molar-refractivity contribution in [2.75, 3.05) is 30.4 Å². The topological polar surface area (TPSA) is 109 Å². The van der Waals surface area contributed by atoms with Gasteiger partial charge in [-0.15, -0.1) is 0 Å². The van der Waals surface area contributed by atoms with Crippen LogP contribution in [0.1, 0.15) is 18.4 Å². The fourth-order valence-corrected chi connectivity index (χ4v) is 3.80. The zero-order chi connectivity index (χ0) is 21.3. The summed E-state index contributed by atoms with van der Waals surface area (Å²) in [5, 5.41) is 13.8. The van der Waals surface area contributed by atoms with Gasteiger partial charge in [-0.2, -0.15) is 0 Å². The average molecular weight is 406 g/mol. The van der Waals surface area contributed by atoms with Gasteiger partial charge in [0, 0.05) is 30.9 Å². The normalized spacial score (nSPS) is 22.1. The summed E-state index contributed by atoms with van der Waals surface area (Å²) in [7, 11) is 1.91. The van der Waals surface area contributed by atoms with Gasteiger partial charge in [0.1, 0.15) is 13.3 Å². The lowest BCUT2D eigenvalue weighted by Crippen LogP contribution is -2.60. The molecule has 2 aromatic carbocycles. The third-order valence-corrected chi connectivity index (χ3v) is 5.63. The van der Waals surface area contributed by atoms with Crippen LogP contribution in [0.4, 0.5) is 27.5 Å². The van der Waals surface area contributed by atoms with Crippen molar-refractivity contribution in [3.8, 4) is 0 Å². The van der Waals surface area contributed by atoms with Crippen molar-refractivity contribution >= 4 is 46.5 Å². The van der Waals surface area contributed by atoms with E-state index < -0.39 is 6.03 Å². The van der Waals surface area contributed by atoms with Gasteiger partial charge in [-0.1, -0.05) is 27.4 Å². The van der Waals surface area contributed by atoms with Crippen molar-refractivity contribution in [2.24, 2.45) is 15.8 Å². The van der Waals surface area contributed by atoms with Crippen molar-refractivity contribution in [2.45, 2.75) is 19.8 Å². The molecule has 8 nitrogen and oxygen atoms in total. The van der Waals surface area contributed by atoms with Crippen LogP contribution in [0.25, 0.3) is 0 Å². The smallest absolute Gasteiger partial charge is 0.371 e. The fourth-order valence-electron chi connectivity index (χ4n) is 3.80. The molecule has 0 radical (unpaired) electrons. The average Bonchev–Trinajstić information content (AvgIpc) is 3.34. The number of primary amides is 1. The maximum Gasteiger partial charge on any atom is 0.419 e. The second kappa shape index (κ2) is 7.72. The van der Waals surface area contributed by atoms with Crippen LogP contribution >= 0.6 is 0 Å². The summed E-state index contributed by atoms with van der Waals surface area (Å²) < 4.78 is 0.101. The van der Waals surface area contributed by atoms with Crippen LogP contribution < -0.4 is 26.0 Å². The minimum Gasteiger partial charge on any atom is -0.371 e. The lowest BCUT2D eigenvalue weighted by Gasteiger charge is -2.19. The van der Waals surface area contributed by atoms with Crippen LogP contribution in [-0.4, -0.2) is 43.9 Å². The number of carbonyl (C=O) groups excluding carboxylic acids is 1. The zero-order valence-electron chi connectivity index (χ0n) is 17.3. The molecular weight excluding hydrogens is 378 g/mol. The third-order valence-electron chi connectivity index (χ3n) is 5.63. The van der Waals surface area contributed by atoms with E-state index in [1.807, 2.05) is 56.4 Å². The van der Waals surface area contributed by atoms with Crippen LogP contribution in [0.15, 0.2) is 52.6 Å². The molecule has 0 aliphatic carbocycles. The molecule has 0 bridgehead atoms. The maximum absolute atomic E-state index is 11.6. The fraction of sp³-hybridized carbons (Fsp3) is 0.273. The molecule has 30 heavy (non-hydrogen) atoms. The standard InChI is InChI=1S/C22H25N7O/c1-15-5-8-17(9-6-15)29(2)21(23)20(14-25-29)26-18-10-7-16(28-11-3-4-12-28)13-19(18)27-22(24)30/h5-10,13-14H,3-4,11-12H2,1-2H3,(H3-,23,24,25,27,30)/p+2.